The first kappa shape index (κ1) is 21.5. The van der Waals surface area contributed by atoms with Crippen molar-refractivity contribution in [2.45, 2.75) is 12.8 Å². The molecule has 172 valence electrons. The van der Waals surface area contributed by atoms with E-state index in [2.05, 4.69) is 10.1 Å². The van der Waals surface area contributed by atoms with Crippen LogP contribution >= 0.6 is 0 Å². The molecule has 2 aromatic carbocycles. The predicted molar refractivity (Wildman–Crippen MR) is 119 cm³/mol. The maximum atomic E-state index is 15.2. The van der Waals surface area contributed by atoms with E-state index in [1.54, 1.807) is 24.0 Å². The quantitative estimate of drug-likeness (QED) is 0.436. The Morgan fingerprint density at radius 3 is 2.41 bits per heavy atom. The maximum Gasteiger partial charge on any atom is 0.247 e. The molecule has 4 aromatic rings. The third-order valence-corrected chi connectivity index (χ3v) is 5.91. The van der Waals surface area contributed by atoms with Crippen molar-refractivity contribution in [1.29, 1.82) is 0 Å². The van der Waals surface area contributed by atoms with E-state index < -0.39 is 28.9 Å². The summed E-state index contributed by atoms with van der Waals surface area (Å²) in [5, 5.41) is 4.74. The van der Waals surface area contributed by atoms with E-state index in [-0.39, 0.29) is 17.1 Å². The van der Waals surface area contributed by atoms with Gasteiger partial charge < -0.3 is 10.5 Å². The van der Waals surface area contributed by atoms with Gasteiger partial charge in [-0.1, -0.05) is 0 Å². The Balaban J connectivity index is 1.52. The third kappa shape index (κ3) is 3.53. The fourth-order valence-electron chi connectivity index (χ4n) is 3.82. The van der Waals surface area contributed by atoms with Gasteiger partial charge in [0.2, 0.25) is 11.8 Å². The van der Waals surface area contributed by atoms with Crippen LogP contribution in [0.2, 0.25) is 0 Å². The zero-order valence-electron chi connectivity index (χ0n) is 18.0. The van der Waals surface area contributed by atoms with Crippen LogP contribution in [-0.2, 0) is 16.6 Å². The van der Waals surface area contributed by atoms with Crippen molar-refractivity contribution in [2.24, 2.45) is 18.2 Å². The number of pyridine rings is 1. The molecular formula is C24H19F2N5O3. The average Bonchev–Trinajstić information content (AvgIpc) is 3.55. The van der Waals surface area contributed by atoms with Gasteiger partial charge in [-0.2, -0.15) is 5.10 Å². The normalized spacial score (nSPS) is 14.1. The number of nitrogens with zero attached hydrogens (tertiary/aromatic N) is 4. The zero-order valence-corrected chi connectivity index (χ0v) is 18.0. The van der Waals surface area contributed by atoms with Crippen molar-refractivity contribution >= 4 is 34.2 Å². The maximum absolute atomic E-state index is 15.2. The van der Waals surface area contributed by atoms with Crippen LogP contribution in [0.25, 0.3) is 11.0 Å². The number of fused-ring (bicyclic) bond motifs is 1. The fraction of sp³-hybridized carbons (Fsp3) is 0.167. The van der Waals surface area contributed by atoms with Crippen LogP contribution in [0.1, 0.15) is 12.8 Å². The highest BCUT2D eigenvalue weighted by molar-refractivity contribution is 6.16. The van der Waals surface area contributed by atoms with E-state index in [4.69, 9.17) is 10.5 Å². The molecule has 0 spiro atoms. The number of amides is 2. The van der Waals surface area contributed by atoms with Gasteiger partial charge in [0.25, 0.3) is 0 Å². The van der Waals surface area contributed by atoms with Gasteiger partial charge in [-0.05, 0) is 55.3 Å². The van der Waals surface area contributed by atoms with Crippen LogP contribution < -0.4 is 15.4 Å². The summed E-state index contributed by atoms with van der Waals surface area (Å²) < 4.78 is 36.0. The highest BCUT2D eigenvalue weighted by Crippen LogP contribution is 2.49. The molecule has 10 heteroatoms. The van der Waals surface area contributed by atoms with Gasteiger partial charge in [0.1, 0.15) is 17.0 Å². The molecule has 2 amide bonds. The van der Waals surface area contributed by atoms with Gasteiger partial charge >= 0.3 is 0 Å². The van der Waals surface area contributed by atoms with Crippen molar-refractivity contribution in [3.8, 4) is 11.5 Å². The minimum Gasteiger partial charge on any atom is -0.453 e. The summed E-state index contributed by atoms with van der Waals surface area (Å²) in [6, 6.07) is 10.7. The Bertz CT molecular complexity index is 1430. The van der Waals surface area contributed by atoms with E-state index in [9.17, 15) is 14.0 Å². The second kappa shape index (κ2) is 7.91. The Kier molecular flexibility index (Phi) is 5.00. The number of ether oxygens (including phenoxy) is 1. The zero-order chi connectivity index (χ0) is 24.0. The van der Waals surface area contributed by atoms with E-state index >= 15 is 4.39 Å². The van der Waals surface area contributed by atoms with Crippen LogP contribution in [0.3, 0.4) is 0 Å². The summed E-state index contributed by atoms with van der Waals surface area (Å²) >= 11 is 0. The summed E-state index contributed by atoms with van der Waals surface area (Å²) in [5.74, 6) is -2.30. The standard InChI is InChI=1S/C24H19F2N5O3/c1-30-21-17(13-29-30)19(8-11-28-21)34-20-7-6-16(12-18(20)26)31(15-4-2-14(25)3-5-15)23(33)24(9-10-24)22(27)32/h2-8,11-13H,9-10H2,1H3,(H2,27,32). The molecule has 0 unspecified atom stereocenters. The largest absolute Gasteiger partial charge is 0.453 e. The second-order valence-electron chi connectivity index (χ2n) is 8.09. The lowest BCUT2D eigenvalue weighted by Gasteiger charge is -2.26. The van der Waals surface area contributed by atoms with Gasteiger partial charge in [0.05, 0.1) is 17.3 Å². The lowest BCUT2D eigenvalue weighted by molar-refractivity contribution is -0.133. The van der Waals surface area contributed by atoms with Crippen molar-refractivity contribution in [2.75, 3.05) is 4.90 Å². The minimum absolute atomic E-state index is 0.0809. The first-order valence-electron chi connectivity index (χ1n) is 10.4. The Labute approximate surface area is 192 Å². The molecule has 5 rings (SSSR count). The summed E-state index contributed by atoms with van der Waals surface area (Å²) in [5.41, 5.74) is 5.13. The molecule has 0 bridgehead atoms. The fourth-order valence-corrected chi connectivity index (χ4v) is 3.82. The van der Waals surface area contributed by atoms with E-state index in [1.807, 2.05) is 0 Å². The topological polar surface area (TPSA) is 103 Å². The molecule has 2 N–H and O–H groups in total. The summed E-state index contributed by atoms with van der Waals surface area (Å²) in [7, 11) is 1.73. The number of halogens is 2. The van der Waals surface area contributed by atoms with Gasteiger partial charge in [0.15, 0.2) is 17.2 Å². The van der Waals surface area contributed by atoms with Crippen molar-refractivity contribution in [1.82, 2.24) is 14.8 Å². The SMILES string of the molecule is Cn1ncc2c(Oc3ccc(N(C(=O)C4(C(N)=O)CC4)c4ccc(F)cc4)cc3F)ccnc21. The van der Waals surface area contributed by atoms with Crippen LogP contribution in [0.15, 0.2) is 60.9 Å². The van der Waals surface area contributed by atoms with Crippen LogP contribution in [0.4, 0.5) is 20.2 Å². The first-order valence-corrected chi connectivity index (χ1v) is 10.4. The molecule has 1 saturated carbocycles. The molecule has 0 atom stereocenters. The number of aromatic nitrogens is 3. The summed E-state index contributed by atoms with van der Waals surface area (Å²) in [6.45, 7) is 0. The van der Waals surface area contributed by atoms with Gasteiger partial charge in [-0.25, -0.2) is 13.8 Å². The van der Waals surface area contributed by atoms with Crippen LogP contribution in [0.5, 0.6) is 11.5 Å². The minimum atomic E-state index is -1.36. The molecule has 8 nitrogen and oxygen atoms in total. The van der Waals surface area contributed by atoms with E-state index in [1.165, 1.54) is 47.5 Å². The number of rotatable bonds is 6. The monoisotopic (exact) mass is 463 g/mol. The Morgan fingerprint density at radius 1 is 1.06 bits per heavy atom. The molecule has 1 aliphatic rings. The molecule has 1 fully saturated rings. The molecular weight excluding hydrogens is 444 g/mol. The van der Waals surface area contributed by atoms with E-state index in [0.29, 0.717) is 29.6 Å². The number of carbonyl (C=O) groups excluding carboxylic acids is 2. The number of nitrogens with two attached hydrogens (primary N) is 1. The highest BCUT2D eigenvalue weighted by Gasteiger charge is 2.57. The number of hydrogen-bond acceptors (Lipinski definition) is 5. The first-order chi connectivity index (χ1) is 16.3. The van der Waals surface area contributed by atoms with Crippen molar-refractivity contribution < 1.29 is 23.1 Å². The second-order valence-corrected chi connectivity index (χ2v) is 8.09. The molecule has 2 heterocycles. The number of aryl methyl sites for hydroxylation is 1. The molecule has 1 aliphatic carbocycles. The molecule has 0 aliphatic heterocycles. The lowest BCUT2D eigenvalue weighted by atomic mass is 10.0. The Hall–Kier alpha value is -4.34. The summed E-state index contributed by atoms with van der Waals surface area (Å²) in [4.78, 5) is 30.7. The molecule has 0 radical (unpaired) electrons. The number of benzene rings is 2. The average molecular weight is 463 g/mol. The Morgan fingerprint density at radius 2 is 1.76 bits per heavy atom. The predicted octanol–water partition coefficient (Wildman–Crippen LogP) is 3.97. The highest BCUT2D eigenvalue weighted by atomic mass is 19.1. The van der Waals surface area contributed by atoms with Gasteiger partial charge in [0, 0.05) is 25.0 Å². The number of primary amides is 1. The molecule has 34 heavy (non-hydrogen) atoms. The van der Waals surface area contributed by atoms with Gasteiger partial charge in [-0.15, -0.1) is 0 Å². The molecule has 0 saturated heterocycles. The molecule has 2 aromatic heterocycles. The van der Waals surface area contributed by atoms with Crippen molar-refractivity contribution in [3.05, 3.63) is 72.6 Å². The number of hydrogen-bond donors (Lipinski definition) is 1. The van der Waals surface area contributed by atoms with E-state index in [0.717, 1.165) is 6.07 Å². The lowest BCUT2D eigenvalue weighted by Crippen LogP contribution is -2.41. The van der Waals surface area contributed by atoms with Crippen molar-refractivity contribution in [3.63, 3.8) is 0 Å². The number of anilines is 2. The summed E-state index contributed by atoms with van der Waals surface area (Å²) in [6.07, 6.45) is 3.69. The smallest absolute Gasteiger partial charge is 0.247 e. The number of carbonyl (C=O) groups is 2. The third-order valence-electron chi connectivity index (χ3n) is 5.91. The van der Waals surface area contributed by atoms with Crippen LogP contribution in [0, 0.1) is 17.0 Å². The van der Waals surface area contributed by atoms with Gasteiger partial charge in [-0.3, -0.25) is 19.2 Å². The van der Waals surface area contributed by atoms with Crippen LogP contribution in [-0.4, -0.2) is 26.6 Å².